The lowest BCUT2D eigenvalue weighted by molar-refractivity contribution is 0.00894. The molecule has 0 N–H and O–H groups in total. The van der Waals surface area contributed by atoms with Crippen molar-refractivity contribution in [3.63, 3.8) is 0 Å². The van der Waals surface area contributed by atoms with Crippen LogP contribution in [0.3, 0.4) is 0 Å². The highest BCUT2D eigenvalue weighted by Gasteiger charge is 2.38. The Morgan fingerprint density at radius 1 is 1.00 bits per heavy atom. The average molecular weight is 478 g/mol. The summed E-state index contributed by atoms with van der Waals surface area (Å²) in [5.41, 5.74) is 0.819. The molecule has 0 spiro atoms. The molecule has 0 saturated carbocycles. The van der Waals surface area contributed by atoms with E-state index in [0.29, 0.717) is 21.5 Å². The number of rotatable bonds is 2. The van der Waals surface area contributed by atoms with Crippen molar-refractivity contribution in [1.82, 2.24) is 10.0 Å². The van der Waals surface area contributed by atoms with Crippen molar-refractivity contribution in [1.29, 1.82) is 0 Å². The maximum atomic E-state index is 13.1. The molecule has 3 aromatic carbocycles. The summed E-state index contributed by atoms with van der Waals surface area (Å²) in [4.78, 5) is 39.1. The van der Waals surface area contributed by atoms with Gasteiger partial charge in [-0.3, -0.25) is 14.4 Å². The molecular formula is C20H11BrCl2N2O3. The molecule has 0 radical (unpaired) electrons. The molecule has 1 aliphatic rings. The molecule has 140 valence electrons. The molecule has 3 amide bonds. The van der Waals surface area contributed by atoms with Crippen LogP contribution in [-0.2, 0) is 0 Å². The van der Waals surface area contributed by atoms with E-state index in [-0.39, 0.29) is 10.6 Å². The van der Waals surface area contributed by atoms with Crippen molar-refractivity contribution in [2.45, 2.75) is 0 Å². The summed E-state index contributed by atoms with van der Waals surface area (Å²) in [6.45, 7) is 0. The molecule has 0 bridgehead atoms. The molecule has 0 atom stereocenters. The van der Waals surface area contributed by atoms with Gasteiger partial charge in [-0.2, -0.15) is 5.01 Å². The zero-order chi connectivity index (χ0) is 20.2. The first-order chi connectivity index (χ1) is 13.3. The van der Waals surface area contributed by atoms with Gasteiger partial charge in [-0.1, -0.05) is 51.3 Å². The Hall–Kier alpha value is -2.41. The highest BCUT2D eigenvalue weighted by molar-refractivity contribution is 9.10. The topological polar surface area (TPSA) is 57.7 Å². The van der Waals surface area contributed by atoms with Gasteiger partial charge < -0.3 is 0 Å². The van der Waals surface area contributed by atoms with E-state index in [1.54, 1.807) is 24.3 Å². The minimum Gasteiger partial charge on any atom is -0.267 e. The molecule has 4 rings (SSSR count). The van der Waals surface area contributed by atoms with Gasteiger partial charge in [0.05, 0.1) is 21.7 Å². The van der Waals surface area contributed by atoms with Crippen LogP contribution < -0.4 is 0 Å². The van der Waals surface area contributed by atoms with Gasteiger partial charge in [-0.05, 0) is 41.8 Å². The third-order valence-electron chi connectivity index (χ3n) is 4.59. The number of hydrazine groups is 1. The van der Waals surface area contributed by atoms with Crippen molar-refractivity contribution >= 4 is 67.6 Å². The Balaban J connectivity index is 1.81. The van der Waals surface area contributed by atoms with Gasteiger partial charge in [0.15, 0.2) is 0 Å². The van der Waals surface area contributed by atoms with Crippen LogP contribution in [0, 0.1) is 0 Å². The number of nitrogens with zero attached hydrogens (tertiary/aromatic N) is 2. The molecule has 0 unspecified atom stereocenters. The Morgan fingerprint density at radius 3 is 2.36 bits per heavy atom. The van der Waals surface area contributed by atoms with Gasteiger partial charge in [-0.15, -0.1) is 0 Å². The molecular weight excluding hydrogens is 467 g/mol. The quantitative estimate of drug-likeness (QED) is 0.477. The van der Waals surface area contributed by atoms with E-state index in [9.17, 15) is 14.4 Å². The second-order valence-corrected chi connectivity index (χ2v) is 7.90. The first-order valence-corrected chi connectivity index (χ1v) is 9.69. The van der Waals surface area contributed by atoms with E-state index in [0.717, 1.165) is 19.9 Å². The van der Waals surface area contributed by atoms with Crippen molar-refractivity contribution in [2.75, 3.05) is 7.05 Å². The van der Waals surface area contributed by atoms with E-state index in [1.165, 1.54) is 25.2 Å². The largest absolute Gasteiger partial charge is 0.280 e. The highest BCUT2D eigenvalue weighted by Crippen LogP contribution is 2.35. The van der Waals surface area contributed by atoms with Gasteiger partial charge in [0.2, 0.25) is 0 Å². The first kappa shape index (κ1) is 18.9. The van der Waals surface area contributed by atoms with Crippen LogP contribution in [0.5, 0.6) is 0 Å². The van der Waals surface area contributed by atoms with Crippen molar-refractivity contribution < 1.29 is 14.4 Å². The molecule has 0 aromatic heterocycles. The van der Waals surface area contributed by atoms with Crippen molar-refractivity contribution in [3.8, 4) is 0 Å². The molecule has 3 aromatic rings. The third kappa shape index (κ3) is 2.80. The Bertz CT molecular complexity index is 1170. The SMILES string of the molecule is CN(C(=O)c1ccc(Cl)cc1Cl)N1C(=O)c2cccc3c(Br)ccc(c23)C1=O. The summed E-state index contributed by atoms with van der Waals surface area (Å²) >= 11 is 15.4. The molecule has 28 heavy (non-hydrogen) atoms. The second kappa shape index (κ2) is 6.88. The summed E-state index contributed by atoms with van der Waals surface area (Å²) in [5, 5.41) is 3.63. The fourth-order valence-corrected chi connectivity index (χ4v) is 4.20. The highest BCUT2D eigenvalue weighted by atomic mass is 79.9. The van der Waals surface area contributed by atoms with Crippen LogP contribution in [0.25, 0.3) is 10.8 Å². The third-order valence-corrected chi connectivity index (χ3v) is 5.83. The van der Waals surface area contributed by atoms with Crippen LogP contribution in [0.1, 0.15) is 31.1 Å². The van der Waals surface area contributed by atoms with Crippen molar-refractivity contribution in [2.24, 2.45) is 0 Å². The number of benzene rings is 3. The fraction of sp³-hybridized carbons (Fsp3) is 0.0500. The molecule has 0 saturated heterocycles. The smallest absolute Gasteiger partial charge is 0.267 e. The standard InChI is InChI=1S/C20H11BrCl2N2O3/c1-24(18(26)12-6-5-10(22)9-16(12)23)25-19(27)13-4-2-3-11-15(21)8-7-14(17(11)13)20(25)28/h2-9H,1H3. The van der Waals surface area contributed by atoms with Gasteiger partial charge in [0, 0.05) is 21.9 Å². The Kier molecular flexibility index (Phi) is 4.65. The second-order valence-electron chi connectivity index (χ2n) is 6.20. The minimum atomic E-state index is -0.601. The summed E-state index contributed by atoms with van der Waals surface area (Å²) in [5.74, 6) is -1.76. The lowest BCUT2D eigenvalue weighted by Gasteiger charge is -2.33. The zero-order valence-corrected chi connectivity index (χ0v) is 17.5. The Morgan fingerprint density at radius 2 is 1.68 bits per heavy atom. The number of amides is 3. The van der Waals surface area contributed by atoms with Gasteiger partial charge >= 0.3 is 0 Å². The average Bonchev–Trinajstić information content (AvgIpc) is 2.66. The number of carbonyl (C=O) groups is 3. The maximum absolute atomic E-state index is 13.1. The van der Waals surface area contributed by atoms with Crippen LogP contribution in [0.15, 0.2) is 53.0 Å². The number of carbonyl (C=O) groups excluding carboxylic acids is 3. The van der Waals surface area contributed by atoms with Crippen LogP contribution in [0.4, 0.5) is 0 Å². The predicted octanol–water partition coefficient (Wildman–Crippen LogP) is 5.19. The fourth-order valence-electron chi connectivity index (χ4n) is 3.25. The van der Waals surface area contributed by atoms with E-state index in [2.05, 4.69) is 15.9 Å². The molecule has 5 nitrogen and oxygen atoms in total. The lowest BCUT2D eigenvalue weighted by Crippen LogP contribution is -2.52. The normalized spacial score (nSPS) is 13.2. The first-order valence-electron chi connectivity index (χ1n) is 8.14. The van der Waals surface area contributed by atoms with Gasteiger partial charge in [-0.25, -0.2) is 5.01 Å². The van der Waals surface area contributed by atoms with E-state index >= 15 is 0 Å². The molecule has 8 heteroatoms. The summed E-state index contributed by atoms with van der Waals surface area (Å²) in [6, 6.07) is 13.0. The van der Waals surface area contributed by atoms with Crippen molar-refractivity contribution in [3.05, 3.63) is 79.7 Å². The monoisotopic (exact) mass is 476 g/mol. The Labute approximate surface area is 178 Å². The van der Waals surface area contributed by atoms with Gasteiger partial charge in [0.25, 0.3) is 17.7 Å². The molecule has 0 fully saturated rings. The molecule has 1 aliphatic heterocycles. The van der Waals surface area contributed by atoms with Gasteiger partial charge in [0.1, 0.15) is 0 Å². The lowest BCUT2D eigenvalue weighted by atomic mass is 9.95. The summed E-state index contributed by atoms with van der Waals surface area (Å²) in [7, 11) is 1.35. The molecule has 0 aliphatic carbocycles. The molecule has 1 heterocycles. The maximum Gasteiger partial charge on any atom is 0.280 e. The van der Waals surface area contributed by atoms with Crippen LogP contribution in [0.2, 0.25) is 10.0 Å². The van der Waals surface area contributed by atoms with Crippen LogP contribution >= 0.6 is 39.1 Å². The van der Waals surface area contributed by atoms with E-state index in [4.69, 9.17) is 23.2 Å². The number of imide groups is 1. The van der Waals surface area contributed by atoms with E-state index < -0.39 is 17.7 Å². The number of hydrogen-bond donors (Lipinski definition) is 0. The number of halogens is 3. The van der Waals surface area contributed by atoms with E-state index in [1.807, 2.05) is 6.07 Å². The zero-order valence-electron chi connectivity index (χ0n) is 14.4. The summed E-state index contributed by atoms with van der Waals surface area (Å²) < 4.78 is 0.777. The van der Waals surface area contributed by atoms with Crippen LogP contribution in [-0.4, -0.2) is 34.8 Å². The number of hydrogen-bond acceptors (Lipinski definition) is 3. The predicted molar refractivity (Wildman–Crippen MR) is 111 cm³/mol. The summed E-state index contributed by atoms with van der Waals surface area (Å²) in [6.07, 6.45) is 0. The minimum absolute atomic E-state index is 0.132.